The van der Waals surface area contributed by atoms with Crippen molar-refractivity contribution in [3.05, 3.63) is 30.1 Å². The van der Waals surface area contributed by atoms with E-state index < -0.39 is 17.5 Å². The van der Waals surface area contributed by atoms with Gasteiger partial charge in [-0.2, -0.15) is 0 Å². The number of aliphatic carboxylic acids is 1. The van der Waals surface area contributed by atoms with Gasteiger partial charge in [0.25, 0.3) is 0 Å². The number of carbonyl (C=O) groups is 2. The maximum atomic E-state index is 13.4. The summed E-state index contributed by atoms with van der Waals surface area (Å²) in [5, 5.41) is 13.6. The Morgan fingerprint density at radius 1 is 0.841 bits per heavy atom. The molecule has 0 bridgehead atoms. The fraction of sp³-hybridized carbons (Fsp3) is 0.789. The molecule has 5 nitrogen and oxygen atoms in total. The van der Waals surface area contributed by atoms with Crippen molar-refractivity contribution in [3.63, 3.8) is 0 Å². The van der Waals surface area contributed by atoms with E-state index in [4.69, 9.17) is 4.74 Å². The summed E-state index contributed by atoms with van der Waals surface area (Å²) in [6, 6.07) is 5.78. The van der Waals surface area contributed by atoms with E-state index in [-0.39, 0.29) is 44.9 Å². The number of carboxylic acid groups (broad SMARTS) is 1. The van der Waals surface area contributed by atoms with Crippen LogP contribution in [0.15, 0.2) is 24.3 Å². The first-order valence-electron chi connectivity index (χ1n) is 17.4. The predicted octanol–water partition coefficient (Wildman–Crippen LogP) is 9.95. The van der Waals surface area contributed by atoms with Crippen LogP contribution < -0.4 is 5.32 Å². The van der Waals surface area contributed by atoms with E-state index in [1.54, 1.807) is 12.1 Å². The van der Waals surface area contributed by atoms with Gasteiger partial charge in [0.15, 0.2) is 0 Å². The molecule has 0 saturated heterocycles. The average molecular weight is 610 g/mol. The molecule has 6 heteroatoms. The number of amides is 1. The molecule has 10 atom stereocenters. The summed E-state index contributed by atoms with van der Waals surface area (Å²) in [6.45, 7) is 19.4. The van der Waals surface area contributed by atoms with E-state index in [1.807, 2.05) is 0 Å². The summed E-state index contributed by atoms with van der Waals surface area (Å²) in [5.41, 5.74) is 0.231. The van der Waals surface area contributed by atoms with E-state index >= 15 is 0 Å². The van der Waals surface area contributed by atoms with E-state index in [0.29, 0.717) is 29.4 Å². The Morgan fingerprint density at radius 2 is 1.50 bits per heavy atom. The fourth-order valence-electron chi connectivity index (χ4n) is 13.0. The maximum absolute atomic E-state index is 13.4. The summed E-state index contributed by atoms with van der Waals surface area (Å²) >= 11 is 0. The third-order valence-corrected chi connectivity index (χ3v) is 15.9. The summed E-state index contributed by atoms with van der Waals surface area (Å²) in [5.74, 6) is 1.25. The lowest BCUT2D eigenvalue weighted by Crippen LogP contribution is -2.67. The highest BCUT2D eigenvalue weighted by atomic mass is 19.1. The van der Waals surface area contributed by atoms with Crippen LogP contribution in [-0.4, -0.2) is 23.3 Å². The highest BCUT2D eigenvalue weighted by Gasteiger charge is 2.73. The van der Waals surface area contributed by atoms with Gasteiger partial charge < -0.3 is 9.84 Å². The van der Waals surface area contributed by atoms with Crippen LogP contribution in [0.1, 0.15) is 120 Å². The van der Waals surface area contributed by atoms with E-state index in [2.05, 4.69) is 60.7 Å². The molecule has 5 fully saturated rings. The second-order valence-corrected chi connectivity index (χ2v) is 17.7. The Labute approximate surface area is 264 Å². The molecule has 1 aromatic rings. The molecule has 1 amide bonds. The number of hydrogen-bond acceptors (Lipinski definition) is 3. The summed E-state index contributed by atoms with van der Waals surface area (Å²) in [6.07, 6.45) is 9.44. The monoisotopic (exact) mass is 609 g/mol. The minimum Gasteiger partial charge on any atom is -0.481 e. The first-order valence-corrected chi connectivity index (χ1v) is 17.4. The highest BCUT2D eigenvalue weighted by molar-refractivity contribution is 5.84. The zero-order chi connectivity index (χ0) is 32.1. The van der Waals surface area contributed by atoms with Gasteiger partial charge in [0.2, 0.25) is 0 Å². The van der Waals surface area contributed by atoms with Crippen molar-refractivity contribution >= 4 is 17.7 Å². The average Bonchev–Trinajstić information content (AvgIpc) is 3.27. The SMILES string of the molecule is CC(C)C1(C)CC[C@]2(C(=O)O)CC[C@]3(C)C(CCC4[C@@]5(C)CC[C@@H](OC(=O)Nc6ccc(F)cc6)C(C)(C)C5CC[C@]43C)C12. The number of ether oxygens (including phenoxy) is 1. The lowest BCUT2D eigenvalue weighted by atomic mass is 9.31. The molecule has 5 unspecified atom stereocenters. The molecule has 6 rings (SSSR count). The molecular weight excluding hydrogens is 553 g/mol. The number of carboxylic acids is 1. The van der Waals surface area contributed by atoms with Gasteiger partial charge in [-0.15, -0.1) is 0 Å². The van der Waals surface area contributed by atoms with Gasteiger partial charge in [-0.3, -0.25) is 10.1 Å². The lowest BCUT2D eigenvalue weighted by molar-refractivity contribution is -0.253. The molecule has 0 aliphatic heterocycles. The molecule has 244 valence electrons. The Hall–Kier alpha value is -2.11. The molecular formula is C38H56FNO4. The smallest absolute Gasteiger partial charge is 0.411 e. The lowest BCUT2D eigenvalue weighted by Gasteiger charge is -2.73. The quantitative estimate of drug-likeness (QED) is 0.356. The largest absolute Gasteiger partial charge is 0.481 e. The van der Waals surface area contributed by atoms with Gasteiger partial charge in [-0.1, -0.05) is 55.4 Å². The molecule has 0 heterocycles. The Morgan fingerprint density at radius 3 is 2.14 bits per heavy atom. The van der Waals surface area contributed by atoms with Crippen molar-refractivity contribution < 1.29 is 23.8 Å². The van der Waals surface area contributed by atoms with Crippen molar-refractivity contribution in [2.75, 3.05) is 5.32 Å². The first kappa shape index (κ1) is 31.9. The normalized spacial score (nSPS) is 45.8. The van der Waals surface area contributed by atoms with Crippen LogP contribution in [0.2, 0.25) is 0 Å². The molecule has 0 spiro atoms. The second-order valence-electron chi connectivity index (χ2n) is 17.7. The Bertz CT molecular complexity index is 1310. The van der Waals surface area contributed by atoms with Crippen LogP contribution in [0, 0.1) is 67.9 Å². The summed E-state index contributed by atoms with van der Waals surface area (Å²) in [4.78, 5) is 26.1. The fourth-order valence-corrected chi connectivity index (χ4v) is 13.0. The molecule has 5 aliphatic rings. The number of anilines is 1. The molecule has 0 radical (unpaired) electrons. The highest BCUT2D eigenvalue weighted by Crippen LogP contribution is 2.79. The minimum absolute atomic E-state index is 0.0565. The Balaban J connectivity index is 1.26. The molecule has 5 saturated carbocycles. The molecule has 0 aromatic heterocycles. The van der Waals surface area contributed by atoms with Crippen LogP contribution in [0.4, 0.5) is 14.9 Å². The van der Waals surface area contributed by atoms with Crippen molar-refractivity contribution in [2.24, 2.45) is 62.1 Å². The van der Waals surface area contributed by atoms with Gasteiger partial charge in [-0.05, 0) is 140 Å². The van der Waals surface area contributed by atoms with Crippen molar-refractivity contribution in [1.29, 1.82) is 0 Å². The van der Waals surface area contributed by atoms with Crippen LogP contribution in [0.25, 0.3) is 0 Å². The first-order chi connectivity index (χ1) is 20.5. The van der Waals surface area contributed by atoms with Gasteiger partial charge in [0.1, 0.15) is 11.9 Å². The van der Waals surface area contributed by atoms with E-state index in [1.165, 1.54) is 12.1 Å². The number of rotatable bonds is 4. The van der Waals surface area contributed by atoms with Gasteiger partial charge in [0.05, 0.1) is 5.41 Å². The predicted molar refractivity (Wildman–Crippen MR) is 172 cm³/mol. The minimum atomic E-state index is -0.570. The molecule has 44 heavy (non-hydrogen) atoms. The van der Waals surface area contributed by atoms with E-state index in [9.17, 15) is 19.1 Å². The second kappa shape index (κ2) is 10.2. The Kier molecular flexibility index (Phi) is 7.38. The molecule has 1 aromatic carbocycles. The third kappa shape index (κ3) is 4.20. The number of benzene rings is 1. The number of halogens is 1. The third-order valence-electron chi connectivity index (χ3n) is 15.9. The molecule has 2 N–H and O–H groups in total. The summed E-state index contributed by atoms with van der Waals surface area (Å²) in [7, 11) is 0. The van der Waals surface area contributed by atoms with Crippen LogP contribution >= 0.6 is 0 Å². The standard InChI is InChI=1S/C38H56FNO4/c1-23(2)34(5)19-21-38(31(41)42)22-20-36(7)26(30(34)38)13-14-28-35(6)17-16-29(33(3,4)27(35)15-18-37(28,36)8)44-32(43)40-25-11-9-24(39)10-12-25/h9-12,23,26-30H,13-22H2,1-8H3,(H,40,43)(H,41,42)/t26?,27?,28?,29-,30?,34?,35+,36-,37-,38+/m1/s1. The number of fused-ring (bicyclic) bond motifs is 7. The summed E-state index contributed by atoms with van der Waals surface area (Å²) < 4.78 is 19.5. The van der Waals surface area contributed by atoms with Crippen LogP contribution in [-0.2, 0) is 9.53 Å². The molecule has 5 aliphatic carbocycles. The van der Waals surface area contributed by atoms with Crippen molar-refractivity contribution in [3.8, 4) is 0 Å². The topological polar surface area (TPSA) is 75.6 Å². The van der Waals surface area contributed by atoms with Gasteiger partial charge in [-0.25, -0.2) is 9.18 Å². The number of carbonyl (C=O) groups excluding carboxylic acids is 1. The zero-order valence-electron chi connectivity index (χ0n) is 28.4. The van der Waals surface area contributed by atoms with Gasteiger partial charge >= 0.3 is 12.1 Å². The van der Waals surface area contributed by atoms with Crippen LogP contribution in [0.5, 0.6) is 0 Å². The zero-order valence-corrected chi connectivity index (χ0v) is 28.4. The van der Waals surface area contributed by atoms with Gasteiger partial charge in [0, 0.05) is 11.1 Å². The maximum Gasteiger partial charge on any atom is 0.411 e. The number of hydrogen-bond donors (Lipinski definition) is 2. The van der Waals surface area contributed by atoms with E-state index in [0.717, 1.165) is 64.2 Å². The number of nitrogens with one attached hydrogen (secondary N) is 1. The van der Waals surface area contributed by atoms with Crippen molar-refractivity contribution in [2.45, 2.75) is 126 Å². The van der Waals surface area contributed by atoms with Crippen LogP contribution in [0.3, 0.4) is 0 Å². The van der Waals surface area contributed by atoms with Crippen molar-refractivity contribution in [1.82, 2.24) is 0 Å².